The quantitative estimate of drug-likeness (QED) is 0.717. The molecule has 0 saturated carbocycles. The van der Waals surface area contributed by atoms with Gasteiger partial charge in [0, 0.05) is 13.1 Å². The zero-order chi connectivity index (χ0) is 16.5. The molecular weight excluding hydrogens is 316 g/mol. The van der Waals surface area contributed by atoms with Gasteiger partial charge in [0.1, 0.15) is 0 Å². The Hall–Kier alpha value is -2.07. The minimum absolute atomic E-state index is 0.110. The molecule has 0 aliphatic carbocycles. The average molecular weight is 336 g/mol. The highest BCUT2D eigenvalue weighted by Gasteiger charge is 2.28. The number of rotatable bonds is 1. The van der Waals surface area contributed by atoms with Crippen LogP contribution in [0.5, 0.6) is 0 Å². The number of carbonyl (C=O) groups excluding carboxylic acids is 1. The summed E-state index contributed by atoms with van der Waals surface area (Å²) in [7, 11) is 0. The first kappa shape index (κ1) is 15.5. The van der Waals surface area contributed by atoms with E-state index in [4.69, 9.17) is 0 Å². The van der Waals surface area contributed by atoms with Gasteiger partial charge in [-0.3, -0.25) is 4.79 Å². The minimum Gasteiger partial charge on any atom is -0.351 e. The molecule has 0 radical (unpaired) electrons. The van der Waals surface area contributed by atoms with Crippen molar-refractivity contribution in [1.82, 2.24) is 4.90 Å². The first-order valence-electron chi connectivity index (χ1n) is 8.46. The number of likely N-dealkylation sites (tertiary alicyclic amines) is 1. The fourth-order valence-corrected chi connectivity index (χ4v) is 4.21. The van der Waals surface area contributed by atoms with Crippen LogP contribution in [-0.2, 0) is 4.79 Å². The van der Waals surface area contributed by atoms with E-state index in [-0.39, 0.29) is 5.91 Å². The van der Waals surface area contributed by atoms with Gasteiger partial charge in [0.25, 0.3) is 5.91 Å². The van der Waals surface area contributed by atoms with Crippen molar-refractivity contribution in [2.24, 2.45) is 10.9 Å². The Bertz CT molecular complexity index is 842. The van der Waals surface area contributed by atoms with Crippen molar-refractivity contribution in [2.75, 3.05) is 13.1 Å². The van der Waals surface area contributed by atoms with Crippen LogP contribution in [0.25, 0.3) is 16.8 Å². The highest BCUT2D eigenvalue weighted by Crippen LogP contribution is 2.33. The molecule has 4 heteroatoms. The van der Waals surface area contributed by atoms with Crippen molar-refractivity contribution in [3.05, 3.63) is 52.9 Å². The molecular formula is C20H20N2OS. The molecule has 2 aromatic rings. The van der Waals surface area contributed by atoms with Gasteiger partial charge in [0.05, 0.1) is 4.91 Å². The number of amidine groups is 1. The van der Waals surface area contributed by atoms with E-state index in [0.717, 1.165) is 34.6 Å². The normalized spacial score (nSPS) is 20.9. The third-order valence-corrected chi connectivity index (χ3v) is 5.82. The minimum atomic E-state index is -0.110. The summed E-state index contributed by atoms with van der Waals surface area (Å²) in [4.78, 5) is 19.6. The summed E-state index contributed by atoms with van der Waals surface area (Å²) in [6.45, 7) is 4.29. The molecule has 2 aromatic carbocycles. The first-order chi connectivity index (χ1) is 11.7. The largest absolute Gasteiger partial charge is 0.351 e. The first-order valence-corrected chi connectivity index (χ1v) is 9.27. The molecule has 1 saturated heterocycles. The second-order valence-electron chi connectivity index (χ2n) is 6.55. The molecule has 0 N–H and O–H groups in total. The predicted molar refractivity (Wildman–Crippen MR) is 102 cm³/mol. The molecule has 4 rings (SSSR count). The van der Waals surface area contributed by atoms with Gasteiger partial charge >= 0.3 is 0 Å². The van der Waals surface area contributed by atoms with Crippen molar-refractivity contribution in [3.63, 3.8) is 0 Å². The van der Waals surface area contributed by atoms with E-state index in [0.29, 0.717) is 0 Å². The number of carbonyl (C=O) groups is 1. The van der Waals surface area contributed by atoms with Gasteiger partial charge in [0.15, 0.2) is 5.17 Å². The number of piperidine rings is 1. The number of nitrogens with zero attached hydrogens (tertiary/aromatic N) is 2. The van der Waals surface area contributed by atoms with E-state index in [1.807, 2.05) is 24.3 Å². The van der Waals surface area contributed by atoms with Crippen LogP contribution < -0.4 is 0 Å². The summed E-state index contributed by atoms with van der Waals surface area (Å²) >= 11 is 1.52. The van der Waals surface area contributed by atoms with E-state index in [1.54, 1.807) is 0 Å². The van der Waals surface area contributed by atoms with Crippen LogP contribution in [-0.4, -0.2) is 29.1 Å². The Morgan fingerprint density at radius 3 is 2.71 bits per heavy atom. The summed E-state index contributed by atoms with van der Waals surface area (Å²) < 4.78 is 0. The van der Waals surface area contributed by atoms with E-state index in [1.165, 1.54) is 35.4 Å². The average Bonchev–Trinajstić information content (AvgIpc) is 2.97. The molecule has 1 fully saturated rings. The molecule has 1 amide bonds. The van der Waals surface area contributed by atoms with Crippen LogP contribution in [0.15, 0.2) is 52.4 Å². The molecule has 2 aliphatic heterocycles. The van der Waals surface area contributed by atoms with Crippen molar-refractivity contribution in [1.29, 1.82) is 0 Å². The zero-order valence-electron chi connectivity index (χ0n) is 13.7. The Morgan fingerprint density at radius 2 is 1.88 bits per heavy atom. The highest BCUT2D eigenvalue weighted by molar-refractivity contribution is 8.18. The Morgan fingerprint density at radius 1 is 1.12 bits per heavy atom. The highest BCUT2D eigenvalue weighted by atomic mass is 32.2. The van der Waals surface area contributed by atoms with Gasteiger partial charge in [0.2, 0.25) is 0 Å². The fraction of sp³-hybridized carbons (Fsp3) is 0.300. The van der Waals surface area contributed by atoms with Crippen molar-refractivity contribution >= 4 is 39.7 Å². The van der Waals surface area contributed by atoms with E-state index in [2.05, 4.69) is 41.1 Å². The number of thioether (sulfide) groups is 1. The molecule has 0 unspecified atom stereocenters. The Balaban J connectivity index is 1.59. The van der Waals surface area contributed by atoms with Crippen LogP contribution in [0, 0.1) is 5.92 Å². The van der Waals surface area contributed by atoms with Crippen LogP contribution in [0.3, 0.4) is 0 Å². The molecule has 24 heavy (non-hydrogen) atoms. The lowest BCUT2D eigenvalue weighted by Crippen LogP contribution is -2.35. The van der Waals surface area contributed by atoms with E-state index >= 15 is 0 Å². The SMILES string of the molecule is CC1CCN(C2=NC(=O)/C(=C/c3cccc4ccccc34)S2)CC1. The van der Waals surface area contributed by atoms with Crippen LogP contribution in [0.1, 0.15) is 25.3 Å². The molecule has 0 spiro atoms. The van der Waals surface area contributed by atoms with E-state index in [9.17, 15) is 4.79 Å². The summed E-state index contributed by atoms with van der Waals surface area (Å²) in [5.74, 6) is 0.663. The molecule has 0 aromatic heterocycles. The van der Waals surface area contributed by atoms with Gasteiger partial charge in [-0.1, -0.05) is 49.4 Å². The number of fused-ring (bicyclic) bond motifs is 1. The smallest absolute Gasteiger partial charge is 0.286 e. The van der Waals surface area contributed by atoms with Gasteiger partial charge in [-0.2, -0.15) is 4.99 Å². The number of hydrogen-bond donors (Lipinski definition) is 0. The van der Waals surface area contributed by atoms with Crippen molar-refractivity contribution in [2.45, 2.75) is 19.8 Å². The fourth-order valence-electron chi connectivity index (χ4n) is 3.25. The molecule has 0 atom stereocenters. The Kier molecular flexibility index (Phi) is 4.15. The summed E-state index contributed by atoms with van der Waals surface area (Å²) in [6.07, 6.45) is 4.34. The number of hydrogen-bond acceptors (Lipinski definition) is 3. The third kappa shape index (κ3) is 2.98. The summed E-state index contributed by atoms with van der Waals surface area (Å²) in [6, 6.07) is 14.4. The summed E-state index contributed by atoms with van der Waals surface area (Å²) in [5, 5.41) is 3.23. The second kappa shape index (κ2) is 6.44. The standard InChI is InChI=1S/C20H20N2OS/c1-14-9-11-22(12-10-14)20-21-19(23)18(24-20)13-16-7-4-6-15-5-2-3-8-17(15)16/h2-8,13-14H,9-12H2,1H3/b18-13-. The predicted octanol–water partition coefficient (Wildman–Crippen LogP) is 4.54. The van der Waals surface area contributed by atoms with Crippen molar-refractivity contribution < 1.29 is 4.79 Å². The van der Waals surface area contributed by atoms with Gasteiger partial charge < -0.3 is 4.90 Å². The maximum absolute atomic E-state index is 12.3. The van der Waals surface area contributed by atoms with Crippen molar-refractivity contribution in [3.8, 4) is 0 Å². The van der Waals surface area contributed by atoms with Gasteiger partial charge in [-0.15, -0.1) is 0 Å². The molecule has 0 bridgehead atoms. The Labute approximate surface area is 146 Å². The number of amides is 1. The van der Waals surface area contributed by atoms with Crippen LogP contribution >= 0.6 is 11.8 Å². The van der Waals surface area contributed by atoms with E-state index < -0.39 is 0 Å². The van der Waals surface area contributed by atoms with Crippen LogP contribution in [0.2, 0.25) is 0 Å². The van der Waals surface area contributed by atoms with Gasteiger partial charge in [-0.05, 0) is 52.9 Å². The zero-order valence-corrected chi connectivity index (χ0v) is 14.6. The molecule has 3 nitrogen and oxygen atoms in total. The molecule has 122 valence electrons. The van der Waals surface area contributed by atoms with Crippen LogP contribution in [0.4, 0.5) is 0 Å². The van der Waals surface area contributed by atoms with Gasteiger partial charge in [-0.25, -0.2) is 0 Å². The molecule has 2 aliphatic rings. The topological polar surface area (TPSA) is 32.7 Å². The third-order valence-electron chi connectivity index (χ3n) is 4.77. The number of aliphatic imine (C=N–C) groups is 1. The summed E-state index contributed by atoms with van der Waals surface area (Å²) in [5.41, 5.74) is 1.08. The monoisotopic (exact) mass is 336 g/mol. The maximum atomic E-state index is 12.3. The lowest BCUT2D eigenvalue weighted by molar-refractivity contribution is -0.113. The lowest BCUT2D eigenvalue weighted by atomic mass is 10.00. The number of benzene rings is 2. The molecule has 2 heterocycles. The lowest BCUT2D eigenvalue weighted by Gasteiger charge is -2.30. The maximum Gasteiger partial charge on any atom is 0.286 e. The second-order valence-corrected chi connectivity index (χ2v) is 7.56.